The Kier molecular flexibility index (Phi) is 6.53. The van der Waals surface area contributed by atoms with Gasteiger partial charge in [0.25, 0.3) is 0 Å². The van der Waals surface area contributed by atoms with Gasteiger partial charge in [-0.25, -0.2) is 4.79 Å². The molecule has 6 nitrogen and oxygen atoms in total. The van der Waals surface area contributed by atoms with Crippen LogP contribution >= 0.6 is 0 Å². The van der Waals surface area contributed by atoms with Crippen LogP contribution in [0.2, 0.25) is 0 Å². The minimum Gasteiger partial charge on any atom is -0.491 e. The lowest BCUT2D eigenvalue weighted by molar-refractivity contribution is -0.121. The number of aromatic nitrogens is 1. The Hall–Kier alpha value is -3.02. The Morgan fingerprint density at radius 3 is 2.64 bits per heavy atom. The van der Waals surface area contributed by atoms with Crippen molar-refractivity contribution in [2.75, 3.05) is 6.54 Å². The molecule has 0 radical (unpaired) electrons. The van der Waals surface area contributed by atoms with Gasteiger partial charge >= 0.3 is 5.76 Å². The summed E-state index contributed by atoms with van der Waals surface area (Å²) in [6, 6.07) is 15.2. The minimum atomic E-state index is -0.383. The predicted octanol–water partition coefficient (Wildman–Crippen LogP) is 3.52. The largest absolute Gasteiger partial charge is 0.491 e. The fraction of sp³-hybridized carbons (Fsp3) is 0.364. The number of carbonyl (C=O) groups is 1. The van der Waals surface area contributed by atoms with Crippen molar-refractivity contribution in [2.24, 2.45) is 0 Å². The number of fused-ring (bicyclic) bond motifs is 1. The summed E-state index contributed by atoms with van der Waals surface area (Å²) < 4.78 is 12.4. The number of nitrogens with one attached hydrogen (secondary N) is 1. The number of aryl methyl sites for hydroxylation is 1. The van der Waals surface area contributed by atoms with E-state index in [9.17, 15) is 9.59 Å². The minimum absolute atomic E-state index is 0.0133. The Bertz CT molecular complexity index is 970. The fourth-order valence-electron chi connectivity index (χ4n) is 3.06. The molecule has 0 saturated carbocycles. The Balaban J connectivity index is 1.40. The molecule has 0 bridgehead atoms. The van der Waals surface area contributed by atoms with E-state index in [1.54, 1.807) is 10.6 Å². The van der Waals surface area contributed by atoms with Crippen LogP contribution in [0, 0.1) is 0 Å². The van der Waals surface area contributed by atoms with E-state index in [1.165, 1.54) is 0 Å². The van der Waals surface area contributed by atoms with Gasteiger partial charge in [0, 0.05) is 19.5 Å². The molecule has 1 aromatic heterocycles. The SMILES string of the molecule is CC(C)Oc1ccc(CCNC(=O)CCCn2c(=O)oc3ccccc32)cc1. The topological polar surface area (TPSA) is 73.5 Å². The molecule has 28 heavy (non-hydrogen) atoms. The van der Waals surface area contributed by atoms with Gasteiger partial charge in [0.15, 0.2) is 5.58 Å². The van der Waals surface area contributed by atoms with E-state index >= 15 is 0 Å². The number of benzene rings is 2. The molecule has 1 amide bonds. The zero-order valence-corrected chi connectivity index (χ0v) is 16.3. The van der Waals surface area contributed by atoms with Crippen LogP contribution in [0.15, 0.2) is 57.7 Å². The van der Waals surface area contributed by atoms with Crippen LogP contribution in [0.5, 0.6) is 5.75 Å². The van der Waals surface area contributed by atoms with E-state index < -0.39 is 0 Å². The monoisotopic (exact) mass is 382 g/mol. The van der Waals surface area contributed by atoms with Gasteiger partial charge in [-0.15, -0.1) is 0 Å². The highest BCUT2D eigenvalue weighted by atomic mass is 16.5. The molecule has 0 atom stereocenters. The summed E-state index contributed by atoms with van der Waals surface area (Å²) in [5, 5.41) is 2.93. The maximum absolute atomic E-state index is 12.0. The summed E-state index contributed by atoms with van der Waals surface area (Å²) >= 11 is 0. The van der Waals surface area contributed by atoms with E-state index in [1.807, 2.05) is 56.3 Å². The van der Waals surface area contributed by atoms with Crippen LogP contribution < -0.4 is 15.8 Å². The first kappa shape index (κ1) is 19.7. The first-order valence-electron chi connectivity index (χ1n) is 9.63. The maximum atomic E-state index is 12.0. The number of amides is 1. The summed E-state index contributed by atoms with van der Waals surface area (Å²) in [6.07, 6.45) is 1.87. The molecule has 3 aromatic rings. The Labute approximate surface area is 164 Å². The highest BCUT2D eigenvalue weighted by molar-refractivity contribution is 5.76. The standard InChI is InChI=1S/C22H26N2O4/c1-16(2)27-18-11-9-17(10-12-18)13-14-23-21(25)8-5-15-24-19-6-3-4-7-20(19)28-22(24)26/h3-4,6-7,9-12,16H,5,8,13-15H2,1-2H3,(H,23,25). The summed E-state index contributed by atoms with van der Waals surface area (Å²) in [5.74, 6) is 0.455. The van der Waals surface area contributed by atoms with E-state index in [4.69, 9.17) is 9.15 Å². The van der Waals surface area contributed by atoms with Gasteiger partial charge in [0.05, 0.1) is 11.6 Å². The first-order valence-corrected chi connectivity index (χ1v) is 9.63. The molecule has 0 aliphatic heterocycles. The highest BCUT2D eigenvalue weighted by Gasteiger charge is 2.09. The molecule has 1 N–H and O–H groups in total. The van der Waals surface area contributed by atoms with Crippen LogP contribution in [0.4, 0.5) is 0 Å². The number of nitrogens with zero attached hydrogens (tertiary/aromatic N) is 1. The smallest absolute Gasteiger partial charge is 0.419 e. The summed E-state index contributed by atoms with van der Waals surface area (Å²) in [6.45, 7) is 5.03. The quantitative estimate of drug-likeness (QED) is 0.614. The molecule has 0 unspecified atom stereocenters. The number of oxazole rings is 1. The molecule has 148 valence electrons. The lowest BCUT2D eigenvalue weighted by Crippen LogP contribution is -2.26. The van der Waals surface area contributed by atoms with Crippen LogP contribution in [0.3, 0.4) is 0 Å². The van der Waals surface area contributed by atoms with E-state index in [0.717, 1.165) is 23.3 Å². The number of carbonyl (C=O) groups excluding carboxylic acids is 1. The molecule has 0 fully saturated rings. The van der Waals surface area contributed by atoms with Gasteiger partial charge in [-0.05, 0) is 56.5 Å². The van der Waals surface area contributed by atoms with Crippen LogP contribution in [-0.4, -0.2) is 23.1 Å². The normalized spacial score (nSPS) is 11.1. The zero-order valence-electron chi connectivity index (χ0n) is 16.3. The van der Waals surface area contributed by atoms with Crippen molar-refractivity contribution in [3.8, 4) is 5.75 Å². The number of rotatable bonds is 9. The van der Waals surface area contributed by atoms with Crippen molar-refractivity contribution in [1.82, 2.24) is 9.88 Å². The van der Waals surface area contributed by atoms with Crippen LogP contribution in [-0.2, 0) is 17.8 Å². The maximum Gasteiger partial charge on any atom is 0.419 e. The van der Waals surface area contributed by atoms with E-state index in [2.05, 4.69) is 5.32 Å². The van der Waals surface area contributed by atoms with Gasteiger partial charge in [0.2, 0.25) is 5.91 Å². The van der Waals surface area contributed by atoms with Crippen molar-refractivity contribution >= 4 is 17.0 Å². The first-order chi connectivity index (χ1) is 13.5. The summed E-state index contributed by atoms with van der Waals surface area (Å²) in [7, 11) is 0. The molecule has 2 aromatic carbocycles. The van der Waals surface area contributed by atoms with Gasteiger partial charge in [-0.1, -0.05) is 24.3 Å². The summed E-state index contributed by atoms with van der Waals surface area (Å²) in [4.78, 5) is 24.0. The van der Waals surface area contributed by atoms with Crippen molar-refractivity contribution in [2.45, 2.75) is 45.8 Å². The van der Waals surface area contributed by atoms with Crippen molar-refractivity contribution in [3.63, 3.8) is 0 Å². The fourth-order valence-corrected chi connectivity index (χ4v) is 3.06. The van der Waals surface area contributed by atoms with Crippen molar-refractivity contribution in [1.29, 1.82) is 0 Å². The number of hydrogen-bond donors (Lipinski definition) is 1. The van der Waals surface area contributed by atoms with E-state index in [0.29, 0.717) is 31.5 Å². The van der Waals surface area contributed by atoms with Gasteiger partial charge < -0.3 is 14.5 Å². The zero-order chi connectivity index (χ0) is 19.9. The Morgan fingerprint density at radius 1 is 1.14 bits per heavy atom. The van der Waals surface area contributed by atoms with Crippen molar-refractivity contribution < 1.29 is 13.9 Å². The van der Waals surface area contributed by atoms with E-state index in [-0.39, 0.29) is 17.8 Å². The lowest BCUT2D eigenvalue weighted by Gasteiger charge is -2.10. The van der Waals surface area contributed by atoms with Gasteiger partial charge in [0.1, 0.15) is 5.75 Å². The molecule has 6 heteroatoms. The third kappa shape index (κ3) is 5.25. The number of para-hydroxylation sites is 2. The lowest BCUT2D eigenvalue weighted by atomic mass is 10.1. The molecule has 0 saturated heterocycles. The molecular formula is C22H26N2O4. The number of ether oxygens (including phenoxy) is 1. The average Bonchev–Trinajstić information content (AvgIpc) is 2.98. The number of hydrogen-bond acceptors (Lipinski definition) is 4. The van der Waals surface area contributed by atoms with Gasteiger partial charge in [-0.3, -0.25) is 9.36 Å². The molecule has 1 heterocycles. The third-order valence-corrected chi connectivity index (χ3v) is 4.39. The van der Waals surface area contributed by atoms with Crippen molar-refractivity contribution in [3.05, 3.63) is 64.6 Å². The van der Waals surface area contributed by atoms with Crippen LogP contribution in [0.25, 0.3) is 11.1 Å². The second-order valence-corrected chi connectivity index (χ2v) is 7.00. The third-order valence-electron chi connectivity index (χ3n) is 4.39. The average molecular weight is 382 g/mol. The Morgan fingerprint density at radius 2 is 1.89 bits per heavy atom. The highest BCUT2D eigenvalue weighted by Crippen LogP contribution is 2.14. The second-order valence-electron chi connectivity index (χ2n) is 7.00. The molecule has 0 aliphatic rings. The van der Waals surface area contributed by atoms with Gasteiger partial charge in [-0.2, -0.15) is 0 Å². The molecule has 3 rings (SSSR count). The molecular weight excluding hydrogens is 356 g/mol. The summed E-state index contributed by atoms with van der Waals surface area (Å²) in [5.41, 5.74) is 2.48. The second kappa shape index (κ2) is 9.26. The van der Waals surface area contributed by atoms with Crippen LogP contribution in [0.1, 0.15) is 32.3 Å². The molecule has 0 aliphatic carbocycles. The predicted molar refractivity (Wildman–Crippen MR) is 109 cm³/mol. The molecule has 0 spiro atoms.